The van der Waals surface area contributed by atoms with Gasteiger partial charge in [-0.1, -0.05) is 118 Å². The minimum atomic E-state index is -3.07. The van der Waals surface area contributed by atoms with Crippen molar-refractivity contribution in [3.8, 4) is 5.75 Å². The number of hydrogen-bond donors (Lipinski definition) is 3. The molecule has 1 saturated heterocycles. The van der Waals surface area contributed by atoms with Crippen LogP contribution in [0.3, 0.4) is 0 Å². The summed E-state index contributed by atoms with van der Waals surface area (Å²) in [5.74, 6) is -2.92. The Labute approximate surface area is 336 Å². The van der Waals surface area contributed by atoms with Gasteiger partial charge in [0.05, 0.1) is 42.5 Å². The fraction of sp³-hybridized carbons (Fsp3) is 0.271. The third kappa shape index (κ3) is 7.93. The molecule has 2 amide bonds. The van der Waals surface area contributed by atoms with Crippen molar-refractivity contribution < 1.29 is 29.3 Å². The zero-order chi connectivity index (χ0) is 40.2. The van der Waals surface area contributed by atoms with Gasteiger partial charge in [-0.15, -0.1) is 0 Å². The number of aromatic hydroxyl groups is 1. The lowest BCUT2D eigenvalue weighted by molar-refractivity contribution is -0.123. The summed E-state index contributed by atoms with van der Waals surface area (Å²) in [6.45, 7) is 6.28. The number of allylic oxidation sites excluding steroid dienone is 1. The van der Waals surface area contributed by atoms with E-state index in [9.17, 15) is 24.9 Å². The van der Waals surface area contributed by atoms with Crippen LogP contribution >= 0.6 is 0 Å². The number of aliphatic hydroxyl groups excluding tert-OH is 2. The highest BCUT2D eigenvalue weighted by Gasteiger charge is 2.56. The van der Waals surface area contributed by atoms with Crippen LogP contribution in [0.5, 0.6) is 5.75 Å². The predicted molar refractivity (Wildman–Crippen MR) is 227 cm³/mol. The highest BCUT2D eigenvalue weighted by Crippen LogP contribution is 2.48. The second kappa shape index (κ2) is 17.0. The Morgan fingerprint density at radius 2 is 1.49 bits per heavy atom. The number of phenolic OH excluding ortho intramolecular Hbond substituents is 1. The molecular weight excluding hydrogens is 729 g/mol. The van der Waals surface area contributed by atoms with Crippen LogP contribution in [-0.4, -0.2) is 59.8 Å². The molecule has 8 nitrogen and oxygen atoms in total. The van der Waals surface area contributed by atoms with E-state index in [-0.39, 0.29) is 42.1 Å². The van der Waals surface area contributed by atoms with Gasteiger partial charge in [-0.3, -0.25) is 19.5 Å². The van der Waals surface area contributed by atoms with Crippen LogP contribution in [-0.2, 0) is 14.0 Å². The SMILES string of the molecule is CC(C)(C)[Si](OCC1=C([C@H](O)CC/C(=C/c2cccc(O)c2)c2ccccn2)[C@H](CO)[C@@H]2C(=O)N(c3ccccc3)C(=O)[C@@H]2C1)(c1ccccc1)c1ccccc1. The highest BCUT2D eigenvalue weighted by molar-refractivity contribution is 6.99. The molecule has 3 N–H and O–H groups in total. The second-order valence-electron chi connectivity index (χ2n) is 16.0. The molecule has 0 radical (unpaired) electrons. The fourth-order valence-corrected chi connectivity index (χ4v) is 13.5. The van der Waals surface area contributed by atoms with Crippen LogP contribution in [0.2, 0.25) is 5.04 Å². The van der Waals surface area contributed by atoms with E-state index in [0.29, 0.717) is 17.7 Å². The van der Waals surface area contributed by atoms with E-state index in [1.807, 2.05) is 72.8 Å². The highest BCUT2D eigenvalue weighted by atomic mass is 28.4. The van der Waals surface area contributed by atoms with Gasteiger partial charge in [-0.25, -0.2) is 0 Å². The van der Waals surface area contributed by atoms with Gasteiger partial charge in [-0.2, -0.15) is 0 Å². The van der Waals surface area contributed by atoms with Crippen molar-refractivity contribution in [2.45, 2.75) is 51.2 Å². The minimum absolute atomic E-state index is 0.110. The first-order valence-electron chi connectivity index (χ1n) is 19.6. The normalized spacial score (nSPS) is 19.5. The first-order valence-corrected chi connectivity index (χ1v) is 21.5. The maximum atomic E-state index is 14.3. The maximum Gasteiger partial charge on any atom is 0.261 e. The molecule has 2 heterocycles. The molecule has 2 aliphatic rings. The van der Waals surface area contributed by atoms with Crippen molar-refractivity contribution in [2.75, 3.05) is 18.1 Å². The maximum absolute atomic E-state index is 14.3. The van der Waals surface area contributed by atoms with Crippen LogP contribution < -0.4 is 15.3 Å². The van der Waals surface area contributed by atoms with Crippen LogP contribution in [0, 0.1) is 17.8 Å². The molecule has 0 spiro atoms. The summed E-state index contributed by atoms with van der Waals surface area (Å²) in [5, 5.41) is 35.7. The van der Waals surface area contributed by atoms with Crippen molar-refractivity contribution in [3.05, 3.63) is 162 Å². The number of para-hydroxylation sites is 1. The number of anilines is 1. The van der Waals surface area contributed by atoms with Crippen LogP contribution in [0.15, 0.2) is 151 Å². The summed E-state index contributed by atoms with van der Waals surface area (Å²) < 4.78 is 7.42. The van der Waals surface area contributed by atoms with E-state index in [1.54, 1.807) is 48.7 Å². The van der Waals surface area contributed by atoms with E-state index in [0.717, 1.165) is 32.8 Å². The summed E-state index contributed by atoms with van der Waals surface area (Å²) in [7, 11) is -3.07. The third-order valence-corrected chi connectivity index (χ3v) is 16.5. The van der Waals surface area contributed by atoms with Crippen molar-refractivity contribution in [1.29, 1.82) is 0 Å². The third-order valence-electron chi connectivity index (χ3n) is 11.5. The quantitative estimate of drug-likeness (QED) is 0.0660. The molecule has 5 aromatic rings. The molecule has 4 aromatic carbocycles. The van der Waals surface area contributed by atoms with E-state index in [4.69, 9.17) is 4.43 Å². The lowest BCUT2D eigenvalue weighted by Crippen LogP contribution is -2.66. The van der Waals surface area contributed by atoms with E-state index in [2.05, 4.69) is 50.0 Å². The number of carbonyl (C=O) groups excluding carboxylic acids is 2. The molecule has 1 aliphatic carbocycles. The number of fused-ring (bicyclic) bond motifs is 1. The van der Waals surface area contributed by atoms with Crippen LogP contribution in [0.1, 0.15) is 51.3 Å². The standard InChI is InChI=1S/C48H50N2O6Si/c1-48(2,3)57(38-20-9-5-10-21-38,39-22-11-6-12-23-39)56-32-35-30-40-45(47(55)50(46(40)54)36-17-7-4-8-18-36)41(31-51)44(35)43(53)26-25-34(42-24-13-14-27-49-42)28-33-16-15-19-37(52)29-33/h4-24,27-29,40-41,43,45,51-53H,25-26,30-32H2,1-3H3/b34-28-/t40-,41+,43-,45-/m1/s1. The Balaban J connectivity index is 1.31. The van der Waals surface area contributed by atoms with Gasteiger partial charge in [0.25, 0.3) is 8.32 Å². The number of hydrogen-bond acceptors (Lipinski definition) is 7. The number of aliphatic hydroxyl groups is 2. The minimum Gasteiger partial charge on any atom is -0.508 e. The first kappa shape index (κ1) is 39.8. The number of carbonyl (C=O) groups is 2. The number of amides is 2. The molecule has 292 valence electrons. The molecule has 4 atom stereocenters. The van der Waals surface area contributed by atoms with Gasteiger partial charge >= 0.3 is 0 Å². The van der Waals surface area contributed by atoms with Gasteiger partial charge < -0.3 is 19.7 Å². The average Bonchev–Trinajstić information content (AvgIpc) is 3.48. The second-order valence-corrected chi connectivity index (χ2v) is 20.3. The number of benzene rings is 4. The lowest BCUT2D eigenvalue weighted by Gasteiger charge is -2.44. The summed E-state index contributed by atoms with van der Waals surface area (Å²) >= 11 is 0. The van der Waals surface area contributed by atoms with E-state index < -0.39 is 38.8 Å². The zero-order valence-corrected chi connectivity index (χ0v) is 33.7. The number of phenols is 1. The lowest BCUT2D eigenvalue weighted by atomic mass is 9.68. The van der Waals surface area contributed by atoms with Crippen molar-refractivity contribution in [3.63, 3.8) is 0 Å². The van der Waals surface area contributed by atoms with E-state index in [1.165, 1.54) is 4.90 Å². The fourth-order valence-electron chi connectivity index (χ4n) is 8.97. The molecule has 9 heteroatoms. The Kier molecular flexibility index (Phi) is 11.8. The Bertz CT molecular complexity index is 2200. The first-order chi connectivity index (χ1) is 27.5. The van der Waals surface area contributed by atoms with Gasteiger partial charge in [0.2, 0.25) is 11.8 Å². The Hall–Kier alpha value is -5.45. The number of imide groups is 1. The van der Waals surface area contributed by atoms with Gasteiger partial charge in [0.1, 0.15) is 5.75 Å². The molecule has 1 aromatic heterocycles. The monoisotopic (exact) mass is 778 g/mol. The average molecular weight is 779 g/mol. The zero-order valence-electron chi connectivity index (χ0n) is 32.7. The number of rotatable bonds is 13. The predicted octanol–water partition coefficient (Wildman–Crippen LogP) is 7.16. The molecule has 7 rings (SSSR count). The Morgan fingerprint density at radius 3 is 2.07 bits per heavy atom. The molecule has 0 bridgehead atoms. The largest absolute Gasteiger partial charge is 0.508 e. The van der Waals surface area contributed by atoms with Crippen molar-refractivity contribution in [2.24, 2.45) is 17.8 Å². The summed E-state index contributed by atoms with van der Waals surface area (Å²) in [4.78, 5) is 34.5. The van der Waals surface area contributed by atoms with E-state index >= 15 is 0 Å². The molecule has 0 saturated carbocycles. The summed E-state index contributed by atoms with van der Waals surface area (Å²) in [5.41, 5.74) is 4.16. The topological polar surface area (TPSA) is 120 Å². The Morgan fingerprint density at radius 1 is 0.860 bits per heavy atom. The molecular formula is C48H50N2O6Si. The van der Waals surface area contributed by atoms with Crippen molar-refractivity contribution >= 4 is 47.8 Å². The molecule has 1 fully saturated rings. The molecule has 1 aliphatic heterocycles. The molecule has 57 heavy (non-hydrogen) atoms. The number of nitrogens with zero attached hydrogens (tertiary/aromatic N) is 2. The van der Waals surface area contributed by atoms with Crippen molar-refractivity contribution in [1.82, 2.24) is 4.98 Å². The summed E-state index contributed by atoms with van der Waals surface area (Å²) in [6.07, 6.45) is 3.45. The number of pyridine rings is 1. The van der Waals surface area contributed by atoms with Crippen LogP contribution in [0.4, 0.5) is 5.69 Å². The molecule has 0 unspecified atom stereocenters. The number of aromatic nitrogens is 1. The van der Waals surface area contributed by atoms with Gasteiger partial charge in [0.15, 0.2) is 0 Å². The summed E-state index contributed by atoms with van der Waals surface area (Å²) in [6, 6.07) is 42.1. The van der Waals surface area contributed by atoms with Crippen LogP contribution in [0.25, 0.3) is 11.6 Å². The van der Waals surface area contributed by atoms with Gasteiger partial charge in [-0.05, 0) is 99.4 Å². The smallest absolute Gasteiger partial charge is 0.261 e. The van der Waals surface area contributed by atoms with Gasteiger partial charge in [0, 0.05) is 12.1 Å².